The molecule has 2 aliphatic rings. The molecule has 0 saturated carbocycles. The fourth-order valence-corrected chi connectivity index (χ4v) is 3.40. The molecule has 28 heavy (non-hydrogen) atoms. The zero-order valence-corrected chi connectivity index (χ0v) is 16.2. The van der Waals surface area contributed by atoms with Gasteiger partial charge in [0, 0.05) is 11.3 Å². The molecule has 1 N–H and O–H groups in total. The van der Waals surface area contributed by atoms with Gasteiger partial charge in [0.25, 0.3) is 0 Å². The summed E-state index contributed by atoms with van der Waals surface area (Å²) in [5, 5.41) is 3.32. The lowest BCUT2D eigenvalue weighted by atomic mass is 9.90. The Morgan fingerprint density at radius 1 is 1.29 bits per heavy atom. The molecule has 2 heterocycles. The van der Waals surface area contributed by atoms with Crippen LogP contribution in [-0.2, 0) is 23.7 Å². The van der Waals surface area contributed by atoms with Gasteiger partial charge in [0.1, 0.15) is 24.6 Å². The predicted octanol–water partition coefficient (Wildman–Crippen LogP) is 3.33. The molecule has 0 amide bonds. The van der Waals surface area contributed by atoms with Gasteiger partial charge in [-0.05, 0) is 39.0 Å². The smallest absolute Gasteiger partial charge is 0.466 e. The van der Waals surface area contributed by atoms with Crippen molar-refractivity contribution < 1.29 is 33.3 Å². The van der Waals surface area contributed by atoms with Crippen molar-refractivity contribution >= 4 is 17.8 Å². The molecule has 1 aromatic carbocycles. The number of carbonyl (C=O) groups is 2. The van der Waals surface area contributed by atoms with Crippen LogP contribution in [0.15, 0.2) is 30.9 Å². The minimum atomic E-state index is -0.815. The van der Waals surface area contributed by atoms with Gasteiger partial charge in [-0.15, -0.1) is 0 Å². The van der Waals surface area contributed by atoms with Crippen LogP contribution in [0.5, 0.6) is 5.75 Å². The first-order valence-electron chi connectivity index (χ1n) is 9.20. The zero-order valence-electron chi connectivity index (χ0n) is 16.2. The molecule has 8 heteroatoms. The Morgan fingerprint density at radius 2 is 2.07 bits per heavy atom. The lowest BCUT2D eigenvalue weighted by molar-refractivity contribution is -0.151. The Hall–Kier alpha value is -2.58. The fourth-order valence-electron chi connectivity index (χ4n) is 3.40. The van der Waals surface area contributed by atoms with Crippen LogP contribution in [0.4, 0.5) is 10.5 Å². The number of rotatable bonds is 6. The van der Waals surface area contributed by atoms with Gasteiger partial charge in [-0.2, -0.15) is 0 Å². The van der Waals surface area contributed by atoms with Crippen molar-refractivity contribution in [1.29, 1.82) is 0 Å². The number of fused-ring (bicyclic) bond motifs is 3. The van der Waals surface area contributed by atoms with Crippen LogP contribution >= 0.6 is 0 Å². The van der Waals surface area contributed by atoms with Crippen molar-refractivity contribution in [2.24, 2.45) is 0 Å². The molecule has 1 saturated heterocycles. The van der Waals surface area contributed by atoms with Gasteiger partial charge in [0.2, 0.25) is 0 Å². The van der Waals surface area contributed by atoms with Crippen LogP contribution in [0.2, 0.25) is 0 Å². The molecule has 1 aromatic rings. The van der Waals surface area contributed by atoms with Gasteiger partial charge in [0.05, 0.1) is 19.1 Å². The first-order chi connectivity index (χ1) is 13.3. The molecule has 8 nitrogen and oxygen atoms in total. The summed E-state index contributed by atoms with van der Waals surface area (Å²) in [6.07, 6.45) is -0.0180. The van der Waals surface area contributed by atoms with E-state index in [1.54, 1.807) is 25.1 Å². The van der Waals surface area contributed by atoms with E-state index in [1.807, 2.05) is 13.8 Å². The lowest BCUT2D eigenvalue weighted by Gasteiger charge is -2.34. The zero-order chi connectivity index (χ0) is 20.3. The maximum Gasteiger partial charge on any atom is 0.514 e. The molecular weight excluding hydrogens is 366 g/mol. The van der Waals surface area contributed by atoms with E-state index in [0.717, 1.165) is 11.3 Å². The van der Waals surface area contributed by atoms with Crippen molar-refractivity contribution in [1.82, 2.24) is 0 Å². The first kappa shape index (κ1) is 20.2. The van der Waals surface area contributed by atoms with Crippen molar-refractivity contribution in [2.45, 2.75) is 51.2 Å². The van der Waals surface area contributed by atoms with Crippen LogP contribution in [-0.4, -0.2) is 43.3 Å². The van der Waals surface area contributed by atoms with Crippen LogP contribution in [0, 0.1) is 0 Å². The Labute approximate surface area is 163 Å². The minimum absolute atomic E-state index is 0.0662. The first-order valence-corrected chi connectivity index (χ1v) is 9.20. The van der Waals surface area contributed by atoms with Crippen LogP contribution in [0.25, 0.3) is 0 Å². The third-order valence-electron chi connectivity index (χ3n) is 4.41. The Morgan fingerprint density at radius 3 is 2.79 bits per heavy atom. The fraction of sp³-hybridized carbons (Fsp3) is 0.500. The summed E-state index contributed by atoms with van der Waals surface area (Å²) in [6.45, 7) is 9.28. The molecule has 3 rings (SSSR count). The quantitative estimate of drug-likeness (QED) is 0.448. The highest BCUT2D eigenvalue weighted by Crippen LogP contribution is 2.47. The molecule has 0 radical (unpaired) electrons. The van der Waals surface area contributed by atoms with Crippen LogP contribution < -0.4 is 10.1 Å². The molecule has 0 spiro atoms. The summed E-state index contributed by atoms with van der Waals surface area (Å²) in [5.41, 5.74) is 1.56. The highest BCUT2D eigenvalue weighted by atomic mass is 16.8. The molecule has 0 aromatic heterocycles. The van der Waals surface area contributed by atoms with E-state index < -0.39 is 24.2 Å². The summed E-state index contributed by atoms with van der Waals surface area (Å²) in [7, 11) is 0. The van der Waals surface area contributed by atoms with Crippen molar-refractivity contribution in [2.75, 3.05) is 18.5 Å². The largest absolute Gasteiger partial charge is 0.514 e. The highest BCUT2D eigenvalue weighted by Gasteiger charge is 2.49. The Kier molecular flexibility index (Phi) is 5.90. The van der Waals surface area contributed by atoms with E-state index in [1.165, 1.54) is 6.08 Å². The summed E-state index contributed by atoms with van der Waals surface area (Å²) < 4.78 is 27.2. The summed E-state index contributed by atoms with van der Waals surface area (Å²) in [4.78, 5) is 23.7. The van der Waals surface area contributed by atoms with Gasteiger partial charge in [-0.3, -0.25) is 4.79 Å². The number of ether oxygens (including phenoxy) is 5. The predicted molar refractivity (Wildman–Crippen MR) is 100 cm³/mol. The van der Waals surface area contributed by atoms with E-state index in [-0.39, 0.29) is 25.0 Å². The highest BCUT2D eigenvalue weighted by molar-refractivity contribution is 5.72. The monoisotopic (exact) mass is 391 g/mol. The van der Waals surface area contributed by atoms with Gasteiger partial charge in [-0.1, -0.05) is 12.7 Å². The van der Waals surface area contributed by atoms with Gasteiger partial charge < -0.3 is 29.0 Å². The normalized spacial score (nSPS) is 24.3. The SMILES string of the molecule is C=CCOC(=O)Oc1ccc2c(c1)[C@@H]1OC(C)(C)O[C@H]1[C@H](CC(=O)OCC)N2. The second-order valence-electron chi connectivity index (χ2n) is 6.98. The number of anilines is 1. The van der Waals surface area contributed by atoms with E-state index in [2.05, 4.69) is 11.9 Å². The second kappa shape index (κ2) is 8.20. The molecule has 3 atom stereocenters. The summed E-state index contributed by atoms with van der Waals surface area (Å²) in [5.74, 6) is -0.795. The lowest BCUT2D eigenvalue weighted by Crippen LogP contribution is -2.43. The number of esters is 1. The average molecular weight is 391 g/mol. The van der Waals surface area contributed by atoms with Crippen molar-refractivity contribution in [3.63, 3.8) is 0 Å². The molecule has 0 unspecified atom stereocenters. The summed E-state index contributed by atoms with van der Waals surface area (Å²) in [6, 6.07) is 4.82. The maximum atomic E-state index is 12.0. The number of nitrogens with one attached hydrogen (secondary N) is 1. The molecule has 0 bridgehead atoms. The summed E-state index contributed by atoms with van der Waals surface area (Å²) >= 11 is 0. The Balaban J connectivity index is 1.83. The standard InChI is InChI=1S/C20H25NO7/c1-5-9-25-19(23)26-12-7-8-14-13(10-12)17-18(28-20(3,4)27-17)15(21-14)11-16(22)24-6-2/h5,7-8,10,15,17-18,21H,1,6,9,11H2,2-4H3/t15-,17-,18-/m0/s1. The van der Waals surface area contributed by atoms with Crippen LogP contribution in [0.1, 0.15) is 38.9 Å². The van der Waals surface area contributed by atoms with Gasteiger partial charge >= 0.3 is 12.1 Å². The van der Waals surface area contributed by atoms with Crippen molar-refractivity contribution in [3.8, 4) is 5.75 Å². The van der Waals surface area contributed by atoms with Gasteiger partial charge in [-0.25, -0.2) is 4.79 Å². The molecule has 0 aliphatic carbocycles. The van der Waals surface area contributed by atoms with E-state index >= 15 is 0 Å². The minimum Gasteiger partial charge on any atom is -0.466 e. The van der Waals surface area contributed by atoms with E-state index in [9.17, 15) is 9.59 Å². The Bertz CT molecular complexity index is 761. The third kappa shape index (κ3) is 4.45. The van der Waals surface area contributed by atoms with Crippen LogP contribution in [0.3, 0.4) is 0 Å². The van der Waals surface area contributed by atoms with Crippen molar-refractivity contribution in [3.05, 3.63) is 36.4 Å². The maximum absolute atomic E-state index is 12.0. The molecular formula is C20H25NO7. The van der Waals surface area contributed by atoms with Gasteiger partial charge in [0.15, 0.2) is 5.79 Å². The third-order valence-corrected chi connectivity index (χ3v) is 4.41. The molecule has 1 fully saturated rings. The topological polar surface area (TPSA) is 92.3 Å². The van der Waals surface area contributed by atoms with E-state index in [4.69, 9.17) is 23.7 Å². The molecule has 152 valence electrons. The number of hydrogen-bond donors (Lipinski definition) is 1. The molecule has 2 aliphatic heterocycles. The number of carbonyl (C=O) groups excluding carboxylic acids is 2. The average Bonchev–Trinajstić information content (AvgIpc) is 2.96. The number of benzene rings is 1. The van der Waals surface area contributed by atoms with E-state index in [0.29, 0.717) is 12.4 Å². The number of hydrogen-bond acceptors (Lipinski definition) is 8. The second-order valence-corrected chi connectivity index (χ2v) is 6.98.